The van der Waals surface area contributed by atoms with Gasteiger partial charge >= 0.3 is 5.97 Å². The number of carboxylic acids is 1. The first kappa shape index (κ1) is 10.1. The van der Waals surface area contributed by atoms with E-state index in [-0.39, 0.29) is 10.8 Å². The van der Waals surface area contributed by atoms with Gasteiger partial charge in [-0.15, -0.1) is 0 Å². The van der Waals surface area contributed by atoms with E-state index in [1.807, 2.05) is 13.8 Å². The maximum absolute atomic E-state index is 11.4. The van der Waals surface area contributed by atoms with Gasteiger partial charge in [0.1, 0.15) is 0 Å². The maximum atomic E-state index is 11.4. The lowest BCUT2D eigenvalue weighted by atomic mass is 10.3. The summed E-state index contributed by atoms with van der Waals surface area (Å²) < 4.78 is 0. The van der Waals surface area contributed by atoms with Gasteiger partial charge in [0.05, 0.1) is 9.78 Å². The number of aliphatic carboxylic acids is 1. The van der Waals surface area contributed by atoms with Crippen molar-refractivity contribution in [3.8, 4) is 0 Å². The van der Waals surface area contributed by atoms with Gasteiger partial charge in [0, 0.05) is 13.1 Å². The fraction of sp³-hybridized carbons (Fsp3) is 0.500. The predicted molar refractivity (Wildman–Crippen MR) is 50.2 cm³/mol. The number of hydrogen-bond donors (Lipinski definition) is 1. The van der Waals surface area contributed by atoms with Gasteiger partial charge < -0.3 is 10.0 Å². The van der Waals surface area contributed by atoms with Crippen molar-refractivity contribution in [3.05, 3.63) is 11.0 Å². The van der Waals surface area contributed by atoms with Crippen LogP contribution in [0.25, 0.3) is 0 Å². The minimum Gasteiger partial charge on any atom is -0.478 e. The quantitative estimate of drug-likeness (QED) is 0.640. The highest BCUT2D eigenvalue weighted by molar-refractivity contribution is 8.05. The number of carbonyl (C=O) groups excluding carboxylic acids is 1. The van der Waals surface area contributed by atoms with Crippen molar-refractivity contribution in [2.24, 2.45) is 0 Å². The fourth-order valence-electron chi connectivity index (χ4n) is 0.994. The van der Waals surface area contributed by atoms with Gasteiger partial charge in [-0.1, -0.05) is 11.8 Å². The zero-order chi connectivity index (χ0) is 10.2. The number of nitrogens with zero attached hydrogens (tertiary/aromatic N) is 1. The molecular weight excluding hydrogens is 190 g/mol. The highest BCUT2D eigenvalue weighted by atomic mass is 32.2. The summed E-state index contributed by atoms with van der Waals surface area (Å²) in [6.07, 6.45) is 0.957. The molecule has 5 heteroatoms. The summed E-state index contributed by atoms with van der Waals surface area (Å²) in [5.41, 5.74) is 0. The Morgan fingerprint density at radius 1 is 1.62 bits per heavy atom. The van der Waals surface area contributed by atoms with Crippen LogP contribution in [0.5, 0.6) is 0 Å². The molecule has 1 N–H and O–H groups in total. The molecule has 1 rings (SSSR count). The van der Waals surface area contributed by atoms with E-state index < -0.39 is 5.97 Å². The maximum Gasteiger partial charge on any atom is 0.329 e. The topological polar surface area (TPSA) is 57.6 Å². The van der Waals surface area contributed by atoms with Crippen LogP contribution in [0.4, 0.5) is 0 Å². The molecule has 0 aromatic carbocycles. The summed E-state index contributed by atoms with van der Waals surface area (Å²) in [5.74, 6) is -1.31. The molecule has 0 unspecified atom stereocenters. The second kappa shape index (κ2) is 3.06. The lowest BCUT2D eigenvalue weighted by molar-refractivity contribution is -0.132. The summed E-state index contributed by atoms with van der Waals surface area (Å²) in [6.45, 7) is 3.75. The highest BCUT2D eigenvalue weighted by Crippen LogP contribution is 2.41. The van der Waals surface area contributed by atoms with E-state index in [9.17, 15) is 9.59 Å². The monoisotopic (exact) mass is 201 g/mol. The van der Waals surface area contributed by atoms with E-state index in [4.69, 9.17) is 5.11 Å². The number of carboxylic acid groups (broad SMARTS) is 1. The fourth-order valence-corrected chi connectivity index (χ4v) is 2.14. The molecule has 0 aromatic heterocycles. The molecule has 0 saturated carbocycles. The molecule has 0 atom stereocenters. The molecule has 72 valence electrons. The molecule has 0 spiro atoms. The summed E-state index contributed by atoms with van der Waals surface area (Å²) in [6, 6.07) is 0. The van der Waals surface area contributed by atoms with Crippen molar-refractivity contribution in [2.45, 2.75) is 18.7 Å². The van der Waals surface area contributed by atoms with Crippen LogP contribution in [0.15, 0.2) is 11.0 Å². The number of carbonyl (C=O) groups is 2. The number of thioether (sulfide) groups is 1. The zero-order valence-corrected chi connectivity index (χ0v) is 8.51. The Balaban J connectivity index is 2.97. The number of rotatable bonds is 1. The summed E-state index contributed by atoms with van der Waals surface area (Å²) in [4.78, 5) is 23.3. The van der Waals surface area contributed by atoms with Crippen LogP contribution in [0.3, 0.4) is 0 Å². The smallest absolute Gasteiger partial charge is 0.329 e. The van der Waals surface area contributed by atoms with Crippen LogP contribution in [0.2, 0.25) is 0 Å². The summed E-state index contributed by atoms with van der Waals surface area (Å²) >= 11 is 1.27. The minimum absolute atomic E-state index is 0.225. The molecule has 4 nitrogen and oxygen atoms in total. The van der Waals surface area contributed by atoms with E-state index in [1.54, 1.807) is 7.05 Å². The standard InChI is InChI=1S/C8H11NO3S/c1-8(2)9(3)7(12)5(13-8)4-6(10)11/h4H,1-3H3,(H,10,11)/b5-4-. The molecule has 1 aliphatic rings. The lowest BCUT2D eigenvalue weighted by Crippen LogP contribution is -2.35. The van der Waals surface area contributed by atoms with Gasteiger partial charge in [-0.3, -0.25) is 4.79 Å². The van der Waals surface area contributed by atoms with E-state index in [0.717, 1.165) is 6.08 Å². The largest absolute Gasteiger partial charge is 0.478 e. The van der Waals surface area contributed by atoms with E-state index in [1.165, 1.54) is 16.7 Å². The van der Waals surface area contributed by atoms with Crippen molar-refractivity contribution in [2.75, 3.05) is 7.05 Å². The Labute approximate surface area is 80.6 Å². The van der Waals surface area contributed by atoms with Crippen molar-refractivity contribution in [1.29, 1.82) is 0 Å². The Morgan fingerprint density at radius 2 is 2.15 bits per heavy atom. The molecule has 1 fully saturated rings. The van der Waals surface area contributed by atoms with Crippen LogP contribution in [0, 0.1) is 0 Å². The van der Waals surface area contributed by atoms with Crippen molar-refractivity contribution >= 4 is 23.6 Å². The first-order valence-electron chi connectivity index (χ1n) is 3.76. The van der Waals surface area contributed by atoms with Gasteiger partial charge in [0.15, 0.2) is 0 Å². The van der Waals surface area contributed by atoms with E-state index in [2.05, 4.69) is 0 Å². The first-order chi connectivity index (χ1) is 5.84. The minimum atomic E-state index is -1.08. The van der Waals surface area contributed by atoms with Crippen molar-refractivity contribution in [1.82, 2.24) is 4.90 Å². The Bertz CT molecular complexity index is 296. The van der Waals surface area contributed by atoms with Crippen LogP contribution in [-0.4, -0.2) is 33.8 Å². The van der Waals surface area contributed by atoms with Crippen LogP contribution in [-0.2, 0) is 9.59 Å². The second-order valence-corrected chi connectivity index (χ2v) is 4.90. The molecule has 1 heterocycles. The van der Waals surface area contributed by atoms with Crippen LogP contribution >= 0.6 is 11.8 Å². The highest BCUT2D eigenvalue weighted by Gasteiger charge is 2.39. The van der Waals surface area contributed by atoms with E-state index in [0.29, 0.717) is 4.91 Å². The number of amides is 1. The van der Waals surface area contributed by atoms with Crippen LogP contribution in [0.1, 0.15) is 13.8 Å². The average Bonchev–Trinajstić information content (AvgIpc) is 2.13. The Morgan fingerprint density at radius 3 is 2.46 bits per heavy atom. The third kappa shape index (κ3) is 1.85. The molecule has 0 aromatic rings. The van der Waals surface area contributed by atoms with Gasteiger partial charge in [0.2, 0.25) is 0 Å². The molecule has 1 amide bonds. The first-order valence-corrected chi connectivity index (χ1v) is 4.58. The van der Waals surface area contributed by atoms with Gasteiger partial charge in [-0.05, 0) is 13.8 Å². The number of likely N-dealkylation sites (N-methyl/N-ethyl adjacent to an activating group) is 1. The van der Waals surface area contributed by atoms with Crippen LogP contribution < -0.4 is 0 Å². The SMILES string of the molecule is CN1C(=O)/C(=C/C(=O)O)SC1(C)C. The molecule has 1 aliphatic heterocycles. The molecule has 13 heavy (non-hydrogen) atoms. The number of hydrogen-bond acceptors (Lipinski definition) is 3. The zero-order valence-electron chi connectivity index (χ0n) is 7.70. The summed E-state index contributed by atoms with van der Waals surface area (Å²) in [7, 11) is 1.66. The van der Waals surface area contributed by atoms with E-state index >= 15 is 0 Å². The molecule has 0 bridgehead atoms. The Kier molecular flexibility index (Phi) is 2.38. The summed E-state index contributed by atoms with van der Waals surface area (Å²) in [5, 5.41) is 8.49. The van der Waals surface area contributed by atoms with Gasteiger partial charge in [-0.2, -0.15) is 0 Å². The second-order valence-electron chi connectivity index (χ2n) is 3.26. The molecule has 1 saturated heterocycles. The third-order valence-electron chi connectivity index (χ3n) is 1.94. The molecular formula is C8H11NO3S. The van der Waals surface area contributed by atoms with Crippen molar-refractivity contribution < 1.29 is 14.7 Å². The average molecular weight is 201 g/mol. The molecule has 0 aliphatic carbocycles. The van der Waals surface area contributed by atoms with Gasteiger partial charge in [0.25, 0.3) is 5.91 Å². The Hall–Kier alpha value is -0.970. The predicted octanol–water partition coefficient (Wildman–Crippen LogP) is 0.896. The lowest BCUT2D eigenvalue weighted by Gasteiger charge is -2.25. The normalized spacial score (nSPS) is 24.1. The van der Waals surface area contributed by atoms with Gasteiger partial charge in [-0.25, -0.2) is 4.79 Å². The molecule has 0 radical (unpaired) electrons. The van der Waals surface area contributed by atoms with Crippen molar-refractivity contribution in [3.63, 3.8) is 0 Å². The third-order valence-corrected chi connectivity index (χ3v) is 3.22.